The molecule has 0 radical (unpaired) electrons. The first-order chi connectivity index (χ1) is 7.27. The summed E-state index contributed by atoms with van der Waals surface area (Å²) < 4.78 is 25.8. The number of thioether (sulfide) groups is 1. The Morgan fingerprint density at radius 3 is 2.93 bits per heavy atom. The summed E-state index contributed by atoms with van der Waals surface area (Å²) in [5, 5.41) is 3.33. The second-order valence-corrected chi connectivity index (χ2v) is 4.76. The first kappa shape index (κ1) is 10.9. The number of nitrogens with one attached hydrogen (secondary N) is 1. The standard InChI is InChI=1S/C11H13F2NS/c12-9-3-2-8(6-10(9)13)11-7-15-5-1-4-14-11/h2-3,6,11,14H,1,4-5,7H2. The lowest BCUT2D eigenvalue weighted by molar-refractivity contribution is 0.502. The van der Waals surface area contributed by atoms with Gasteiger partial charge in [0.1, 0.15) is 0 Å². The third-order valence-electron chi connectivity index (χ3n) is 2.49. The zero-order valence-corrected chi connectivity index (χ0v) is 9.12. The summed E-state index contributed by atoms with van der Waals surface area (Å²) >= 11 is 1.85. The van der Waals surface area contributed by atoms with E-state index >= 15 is 0 Å². The highest BCUT2D eigenvalue weighted by molar-refractivity contribution is 7.99. The van der Waals surface area contributed by atoms with Crippen LogP contribution in [-0.2, 0) is 0 Å². The zero-order chi connectivity index (χ0) is 10.7. The van der Waals surface area contributed by atoms with E-state index in [1.54, 1.807) is 6.07 Å². The van der Waals surface area contributed by atoms with Gasteiger partial charge in [0.05, 0.1) is 0 Å². The van der Waals surface area contributed by atoms with Gasteiger partial charge in [-0.05, 0) is 36.4 Å². The van der Waals surface area contributed by atoms with Crippen LogP contribution in [0.3, 0.4) is 0 Å². The molecular weight excluding hydrogens is 216 g/mol. The number of hydrogen-bond acceptors (Lipinski definition) is 2. The quantitative estimate of drug-likeness (QED) is 0.794. The van der Waals surface area contributed by atoms with Crippen LogP contribution < -0.4 is 5.32 Å². The van der Waals surface area contributed by atoms with E-state index in [1.807, 2.05) is 11.8 Å². The molecule has 82 valence electrons. The van der Waals surface area contributed by atoms with Crippen molar-refractivity contribution >= 4 is 11.8 Å². The Balaban J connectivity index is 2.16. The van der Waals surface area contributed by atoms with Crippen molar-refractivity contribution in [1.29, 1.82) is 0 Å². The minimum atomic E-state index is -0.778. The van der Waals surface area contributed by atoms with Gasteiger partial charge in [0, 0.05) is 11.8 Å². The Morgan fingerprint density at radius 1 is 1.27 bits per heavy atom. The van der Waals surface area contributed by atoms with Crippen LogP contribution in [0, 0.1) is 11.6 Å². The molecule has 1 heterocycles. The lowest BCUT2D eigenvalue weighted by Crippen LogP contribution is -2.22. The Kier molecular flexibility index (Phi) is 3.59. The zero-order valence-electron chi connectivity index (χ0n) is 8.30. The van der Waals surface area contributed by atoms with Crippen LogP contribution in [0.1, 0.15) is 18.0 Å². The van der Waals surface area contributed by atoms with Gasteiger partial charge in [-0.2, -0.15) is 11.8 Å². The fourth-order valence-corrected chi connectivity index (χ4v) is 2.71. The van der Waals surface area contributed by atoms with Crippen LogP contribution in [0.2, 0.25) is 0 Å². The summed E-state index contributed by atoms with van der Waals surface area (Å²) in [5.74, 6) is 0.515. The molecule has 0 aromatic heterocycles. The Labute approximate surface area is 92.3 Å². The summed E-state index contributed by atoms with van der Waals surface area (Å²) in [4.78, 5) is 0. The maximum absolute atomic E-state index is 13.0. The lowest BCUT2D eigenvalue weighted by atomic mass is 10.1. The van der Waals surface area contributed by atoms with Crippen LogP contribution in [0.4, 0.5) is 8.78 Å². The molecule has 0 saturated carbocycles. The molecule has 1 aromatic carbocycles. The van der Waals surface area contributed by atoms with E-state index in [0.717, 1.165) is 30.0 Å². The molecule has 1 N–H and O–H groups in total. The van der Waals surface area contributed by atoms with E-state index in [4.69, 9.17) is 0 Å². The van der Waals surface area contributed by atoms with Crippen LogP contribution in [0.5, 0.6) is 0 Å². The smallest absolute Gasteiger partial charge is 0.159 e. The minimum absolute atomic E-state index is 0.146. The van der Waals surface area contributed by atoms with Crippen LogP contribution >= 0.6 is 11.8 Å². The molecule has 0 spiro atoms. The van der Waals surface area contributed by atoms with E-state index in [-0.39, 0.29) is 6.04 Å². The first-order valence-electron chi connectivity index (χ1n) is 5.03. The van der Waals surface area contributed by atoms with Crippen molar-refractivity contribution in [1.82, 2.24) is 5.32 Å². The van der Waals surface area contributed by atoms with Crippen LogP contribution in [0.25, 0.3) is 0 Å². The molecular formula is C11H13F2NS. The molecule has 1 unspecified atom stereocenters. The van der Waals surface area contributed by atoms with E-state index < -0.39 is 11.6 Å². The lowest BCUT2D eigenvalue weighted by Gasteiger charge is -2.15. The topological polar surface area (TPSA) is 12.0 Å². The van der Waals surface area contributed by atoms with E-state index in [9.17, 15) is 8.78 Å². The van der Waals surface area contributed by atoms with Crippen molar-refractivity contribution in [2.75, 3.05) is 18.1 Å². The van der Waals surface area contributed by atoms with Crippen molar-refractivity contribution in [3.8, 4) is 0 Å². The summed E-state index contributed by atoms with van der Waals surface area (Å²) in [7, 11) is 0. The summed E-state index contributed by atoms with van der Waals surface area (Å²) in [6, 6.07) is 4.29. The van der Waals surface area contributed by atoms with Crippen molar-refractivity contribution in [2.45, 2.75) is 12.5 Å². The average Bonchev–Trinajstić information content (AvgIpc) is 2.50. The number of benzene rings is 1. The minimum Gasteiger partial charge on any atom is -0.309 e. The molecule has 1 saturated heterocycles. The molecule has 15 heavy (non-hydrogen) atoms. The molecule has 1 nitrogen and oxygen atoms in total. The maximum atomic E-state index is 13.0. The average molecular weight is 229 g/mol. The second-order valence-electron chi connectivity index (χ2n) is 3.61. The normalized spacial score (nSPS) is 22.4. The highest BCUT2D eigenvalue weighted by Gasteiger charge is 2.15. The molecule has 1 fully saturated rings. The van der Waals surface area contributed by atoms with Crippen LogP contribution in [0.15, 0.2) is 18.2 Å². The van der Waals surface area contributed by atoms with Gasteiger partial charge in [-0.15, -0.1) is 0 Å². The molecule has 4 heteroatoms. The molecule has 1 aliphatic rings. The number of hydrogen-bond donors (Lipinski definition) is 1. The number of halogens is 2. The molecule has 0 bridgehead atoms. The highest BCUT2D eigenvalue weighted by Crippen LogP contribution is 2.22. The van der Waals surface area contributed by atoms with Gasteiger partial charge >= 0.3 is 0 Å². The van der Waals surface area contributed by atoms with Gasteiger partial charge in [0.2, 0.25) is 0 Å². The maximum Gasteiger partial charge on any atom is 0.159 e. The largest absolute Gasteiger partial charge is 0.309 e. The summed E-state index contributed by atoms with van der Waals surface area (Å²) in [6.07, 6.45) is 1.13. The van der Waals surface area contributed by atoms with Crippen molar-refractivity contribution in [2.24, 2.45) is 0 Å². The predicted octanol–water partition coefficient (Wildman–Crippen LogP) is 2.73. The monoisotopic (exact) mass is 229 g/mol. The molecule has 0 amide bonds. The van der Waals surface area contributed by atoms with E-state index in [1.165, 1.54) is 12.1 Å². The first-order valence-corrected chi connectivity index (χ1v) is 6.19. The molecule has 1 atom stereocenters. The predicted molar refractivity (Wildman–Crippen MR) is 59.0 cm³/mol. The molecule has 0 aliphatic carbocycles. The van der Waals surface area contributed by atoms with Gasteiger partial charge in [0.25, 0.3) is 0 Å². The fourth-order valence-electron chi connectivity index (χ4n) is 1.65. The summed E-state index contributed by atoms with van der Waals surface area (Å²) in [5.41, 5.74) is 0.836. The Hall–Kier alpha value is -0.610. The molecule has 1 aliphatic heterocycles. The van der Waals surface area contributed by atoms with Crippen molar-refractivity contribution < 1.29 is 8.78 Å². The third kappa shape index (κ3) is 2.69. The summed E-state index contributed by atoms with van der Waals surface area (Å²) in [6.45, 7) is 0.941. The third-order valence-corrected chi connectivity index (χ3v) is 3.63. The van der Waals surface area contributed by atoms with Gasteiger partial charge in [0.15, 0.2) is 11.6 Å². The van der Waals surface area contributed by atoms with E-state index in [0.29, 0.717) is 0 Å². The second kappa shape index (κ2) is 4.94. The Bertz CT molecular complexity index is 335. The van der Waals surface area contributed by atoms with E-state index in [2.05, 4.69) is 5.32 Å². The highest BCUT2D eigenvalue weighted by atomic mass is 32.2. The number of rotatable bonds is 1. The van der Waals surface area contributed by atoms with Crippen molar-refractivity contribution in [3.63, 3.8) is 0 Å². The van der Waals surface area contributed by atoms with Gasteiger partial charge in [-0.25, -0.2) is 8.78 Å². The van der Waals surface area contributed by atoms with Crippen LogP contribution in [-0.4, -0.2) is 18.1 Å². The Morgan fingerprint density at radius 2 is 2.13 bits per heavy atom. The fraction of sp³-hybridized carbons (Fsp3) is 0.455. The molecule has 2 rings (SSSR count). The molecule has 1 aromatic rings. The van der Waals surface area contributed by atoms with Gasteiger partial charge in [-0.1, -0.05) is 6.07 Å². The van der Waals surface area contributed by atoms with Crippen molar-refractivity contribution in [3.05, 3.63) is 35.4 Å². The van der Waals surface area contributed by atoms with Gasteiger partial charge in [-0.3, -0.25) is 0 Å². The SMILES string of the molecule is Fc1ccc(C2CSCCCN2)cc1F. The van der Waals surface area contributed by atoms with Gasteiger partial charge < -0.3 is 5.32 Å².